The summed E-state index contributed by atoms with van der Waals surface area (Å²) in [5.74, 6) is -0.421. The Morgan fingerprint density at radius 2 is 1.58 bits per heavy atom. The summed E-state index contributed by atoms with van der Waals surface area (Å²) >= 11 is 0. The molecule has 7 nitrogen and oxygen atoms in total. The van der Waals surface area contributed by atoms with E-state index in [1.54, 1.807) is 66.7 Å². The second-order valence-electron chi connectivity index (χ2n) is 7.03. The van der Waals surface area contributed by atoms with Gasteiger partial charge in [0.25, 0.3) is 5.91 Å². The maximum absolute atomic E-state index is 12.5. The van der Waals surface area contributed by atoms with E-state index in [0.29, 0.717) is 35.7 Å². The predicted octanol–water partition coefficient (Wildman–Crippen LogP) is 3.70. The summed E-state index contributed by atoms with van der Waals surface area (Å²) in [6, 6.07) is 21.6. The minimum atomic E-state index is -3.33. The summed E-state index contributed by atoms with van der Waals surface area (Å²) < 4.78 is 30.9. The molecule has 1 heterocycles. The van der Waals surface area contributed by atoms with Gasteiger partial charge in [-0.15, -0.1) is 0 Å². The molecule has 0 atom stereocenters. The lowest BCUT2D eigenvalue weighted by molar-refractivity contribution is 0.0734. The Balaban J connectivity index is 1.42. The molecule has 1 amide bonds. The molecule has 0 radical (unpaired) electrons. The monoisotopic (exact) mass is 436 g/mol. The fourth-order valence-electron chi connectivity index (χ4n) is 3.28. The van der Waals surface area contributed by atoms with Crippen LogP contribution in [0.5, 0.6) is 5.75 Å². The number of sulfonamides is 1. The molecular weight excluding hydrogens is 416 g/mol. The van der Waals surface area contributed by atoms with Crippen LogP contribution in [0, 0.1) is 0 Å². The number of carbonyl (C=O) groups excluding carboxylic acids is 2. The fourth-order valence-corrected chi connectivity index (χ4v) is 4.84. The van der Waals surface area contributed by atoms with Gasteiger partial charge in [-0.05, 0) is 61.0 Å². The Morgan fingerprint density at radius 1 is 0.871 bits per heavy atom. The summed E-state index contributed by atoms with van der Waals surface area (Å²) in [6.07, 6.45) is 0.560. The first-order valence-electron chi connectivity index (χ1n) is 9.71. The van der Waals surface area contributed by atoms with Crippen LogP contribution in [-0.4, -0.2) is 32.6 Å². The zero-order chi connectivity index (χ0) is 21.8. The van der Waals surface area contributed by atoms with Gasteiger partial charge in [0.1, 0.15) is 5.75 Å². The molecular formula is C23H20N2O5S. The smallest absolute Gasteiger partial charge is 0.343 e. The van der Waals surface area contributed by atoms with Crippen molar-refractivity contribution in [1.29, 1.82) is 0 Å². The van der Waals surface area contributed by atoms with E-state index in [0.717, 1.165) is 0 Å². The van der Waals surface area contributed by atoms with Crippen LogP contribution >= 0.6 is 0 Å². The Morgan fingerprint density at radius 3 is 2.26 bits per heavy atom. The SMILES string of the molecule is O=C(Nc1ccc(OC(=O)c2cccc(N3CCCS3(=O)=O)c2)cc1)c1ccccc1. The number of hydrogen-bond acceptors (Lipinski definition) is 5. The van der Waals surface area contributed by atoms with Crippen molar-refractivity contribution in [2.45, 2.75) is 6.42 Å². The minimum Gasteiger partial charge on any atom is -0.423 e. The molecule has 0 aromatic heterocycles. The predicted molar refractivity (Wildman–Crippen MR) is 118 cm³/mol. The number of ether oxygens (including phenoxy) is 1. The maximum Gasteiger partial charge on any atom is 0.343 e. The molecule has 0 unspecified atom stereocenters. The third kappa shape index (κ3) is 4.75. The van der Waals surface area contributed by atoms with Crippen molar-refractivity contribution >= 4 is 33.3 Å². The number of amides is 1. The summed E-state index contributed by atoms with van der Waals surface area (Å²) in [4.78, 5) is 24.7. The molecule has 0 spiro atoms. The topological polar surface area (TPSA) is 92.8 Å². The summed E-state index contributed by atoms with van der Waals surface area (Å²) in [5.41, 5.74) is 1.81. The standard InChI is InChI=1S/C23H20N2O5S/c26-22(17-6-2-1-3-7-17)24-19-10-12-21(13-11-19)30-23(27)18-8-4-9-20(16-18)25-14-5-15-31(25,28)29/h1-4,6-13,16H,5,14-15H2,(H,24,26). The largest absolute Gasteiger partial charge is 0.423 e. The molecule has 31 heavy (non-hydrogen) atoms. The lowest BCUT2D eigenvalue weighted by Gasteiger charge is -2.17. The Bertz CT molecular complexity index is 1210. The van der Waals surface area contributed by atoms with Crippen LogP contribution in [0.2, 0.25) is 0 Å². The van der Waals surface area contributed by atoms with Crippen molar-refractivity contribution in [1.82, 2.24) is 0 Å². The van der Waals surface area contributed by atoms with Gasteiger partial charge >= 0.3 is 5.97 Å². The van der Waals surface area contributed by atoms with E-state index >= 15 is 0 Å². The normalized spacial score (nSPS) is 14.8. The molecule has 3 aromatic rings. The van der Waals surface area contributed by atoms with E-state index in [4.69, 9.17) is 4.74 Å². The summed E-state index contributed by atoms with van der Waals surface area (Å²) in [5, 5.41) is 2.77. The molecule has 4 rings (SSSR count). The van der Waals surface area contributed by atoms with E-state index in [1.165, 1.54) is 10.4 Å². The van der Waals surface area contributed by atoms with Gasteiger partial charge in [-0.3, -0.25) is 9.10 Å². The van der Waals surface area contributed by atoms with Crippen LogP contribution in [0.25, 0.3) is 0 Å². The zero-order valence-electron chi connectivity index (χ0n) is 16.5. The second kappa shape index (κ2) is 8.61. The summed E-state index contributed by atoms with van der Waals surface area (Å²) in [6.45, 7) is 0.400. The van der Waals surface area contributed by atoms with Crippen molar-refractivity contribution in [3.63, 3.8) is 0 Å². The highest BCUT2D eigenvalue weighted by Gasteiger charge is 2.28. The van der Waals surface area contributed by atoms with E-state index in [9.17, 15) is 18.0 Å². The number of carbonyl (C=O) groups is 2. The first-order valence-corrected chi connectivity index (χ1v) is 11.3. The van der Waals surface area contributed by atoms with Gasteiger partial charge in [-0.1, -0.05) is 24.3 Å². The molecule has 1 fully saturated rings. The van der Waals surface area contributed by atoms with Crippen molar-refractivity contribution in [3.8, 4) is 5.75 Å². The van der Waals surface area contributed by atoms with Gasteiger partial charge in [0.15, 0.2) is 0 Å². The average molecular weight is 436 g/mol. The zero-order valence-corrected chi connectivity index (χ0v) is 17.3. The highest BCUT2D eigenvalue weighted by molar-refractivity contribution is 7.93. The number of rotatable bonds is 5. The number of hydrogen-bond donors (Lipinski definition) is 1. The average Bonchev–Trinajstić information content (AvgIpc) is 3.14. The summed E-state index contributed by atoms with van der Waals surface area (Å²) in [7, 11) is -3.33. The number of nitrogens with zero attached hydrogens (tertiary/aromatic N) is 1. The Kier molecular flexibility index (Phi) is 5.73. The third-order valence-corrected chi connectivity index (χ3v) is 6.70. The highest BCUT2D eigenvalue weighted by Crippen LogP contribution is 2.25. The van der Waals surface area contributed by atoms with Crippen LogP contribution in [-0.2, 0) is 10.0 Å². The van der Waals surface area contributed by atoms with Gasteiger partial charge < -0.3 is 10.1 Å². The molecule has 8 heteroatoms. The second-order valence-corrected chi connectivity index (χ2v) is 9.04. The van der Waals surface area contributed by atoms with Crippen LogP contribution in [0.15, 0.2) is 78.9 Å². The van der Waals surface area contributed by atoms with Gasteiger partial charge in [0.05, 0.1) is 17.0 Å². The van der Waals surface area contributed by atoms with Crippen molar-refractivity contribution in [3.05, 3.63) is 90.0 Å². The van der Waals surface area contributed by atoms with Gasteiger partial charge in [-0.25, -0.2) is 13.2 Å². The van der Waals surface area contributed by atoms with Crippen molar-refractivity contribution < 1.29 is 22.7 Å². The molecule has 1 saturated heterocycles. The quantitative estimate of drug-likeness (QED) is 0.486. The van der Waals surface area contributed by atoms with Gasteiger partial charge in [0, 0.05) is 17.8 Å². The lowest BCUT2D eigenvalue weighted by atomic mass is 10.2. The van der Waals surface area contributed by atoms with E-state index in [1.807, 2.05) is 6.07 Å². The number of nitrogens with one attached hydrogen (secondary N) is 1. The van der Waals surface area contributed by atoms with Crippen LogP contribution in [0.3, 0.4) is 0 Å². The van der Waals surface area contributed by atoms with Crippen LogP contribution in [0.4, 0.5) is 11.4 Å². The van der Waals surface area contributed by atoms with Crippen LogP contribution < -0.4 is 14.4 Å². The molecule has 158 valence electrons. The van der Waals surface area contributed by atoms with Crippen LogP contribution in [0.1, 0.15) is 27.1 Å². The Hall–Kier alpha value is -3.65. The minimum absolute atomic E-state index is 0.106. The number of esters is 1. The number of benzene rings is 3. The first kappa shape index (κ1) is 20.6. The first-order chi connectivity index (χ1) is 14.9. The molecule has 0 bridgehead atoms. The van der Waals surface area contributed by atoms with Gasteiger partial charge in [0.2, 0.25) is 10.0 Å². The third-order valence-electron chi connectivity index (χ3n) is 4.83. The van der Waals surface area contributed by atoms with E-state index < -0.39 is 16.0 Å². The molecule has 3 aromatic carbocycles. The molecule has 1 N–H and O–H groups in total. The van der Waals surface area contributed by atoms with Gasteiger partial charge in [-0.2, -0.15) is 0 Å². The number of anilines is 2. The maximum atomic E-state index is 12.5. The van der Waals surface area contributed by atoms with Crippen molar-refractivity contribution in [2.24, 2.45) is 0 Å². The molecule has 1 aliphatic rings. The van der Waals surface area contributed by atoms with Crippen molar-refractivity contribution in [2.75, 3.05) is 21.9 Å². The van der Waals surface area contributed by atoms with E-state index in [-0.39, 0.29) is 17.2 Å². The Labute approximate surface area is 180 Å². The van der Waals surface area contributed by atoms with E-state index in [2.05, 4.69) is 5.32 Å². The molecule has 0 aliphatic carbocycles. The fraction of sp³-hybridized carbons (Fsp3) is 0.130. The lowest BCUT2D eigenvalue weighted by Crippen LogP contribution is -2.25. The molecule has 0 saturated carbocycles. The highest BCUT2D eigenvalue weighted by atomic mass is 32.2. The molecule has 1 aliphatic heterocycles.